The SMILES string of the molecule is CC1CCN(Cc2nc(N)nc(N)n2)CC1. The highest BCUT2D eigenvalue weighted by molar-refractivity contribution is 5.25. The Morgan fingerprint density at radius 2 is 1.69 bits per heavy atom. The van der Waals surface area contributed by atoms with Crippen LogP contribution >= 0.6 is 0 Å². The third-order valence-corrected chi connectivity index (χ3v) is 2.96. The maximum atomic E-state index is 5.53. The van der Waals surface area contributed by atoms with Crippen LogP contribution in [0.4, 0.5) is 11.9 Å². The van der Waals surface area contributed by atoms with Crippen molar-refractivity contribution in [2.24, 2.45) is 5.92 Å². The van der Waals surface area contributed by atoms with Crippen LogP contribution in [-0.2, 0) is 6.54 Å². The average Bonchev–Trinajstić information content (AvgIpc) is 2.20. The normalized spacial score (nSPS) is 18.8. The third kappa shape index (κ3) is 2.79. The van der Waals surface area contributed by atoms with Crippen molar-refractivity contribution in [3.63, 3.8) is 0 Å². The van der Waals surface area contributed by atoms with Gasteiger partial charge in [-0.1, -0.05) is 6.92 Å². The highest BCUT2D eigenvalue weighted by Crippen LogP contribution is 2.17. The van der Waals surface area contributed by atoms with Crippen molar-refractivity contribution in [1.29, 1.82) is 0 Å². The maximum absolute atomic E-state index is 5.53. The van der Waals surface area contributed by atoms with Crippen LogP contribution < -0.4 is 11.5 Å². The molecule has 0 unspecified atom stereocenters. The minimum atomic E-state index is 0.202. The summed E-state index contributed by atoms with van der Waals surface area (Å²) >= 11 is 0. The summed E-state index contributed by atoms with van der Waals surface area (Å²) in [6.07, 6.45) is 2.46. The number of anilines is 2. The number of nitrogens with zero attached hydrogens (tertiary/aromatic N) is 4. The number of nitrogen functional groups attached to an aromatic ring is 2. The van der Waals surface area contributed by atoms with E-state index < -0.39 is 0 Å². The van der Waals surface area contributed by atoms with E-state index in [1.807, 2.05) is 0 Å². The van der Waals surface area contributed by atoms with E-state index in [0.29, 0.717) is 12.4 Å². The Balaban J connectivity index is 1.98. The van der Waals surface area contributed by atoms with Crippen molar-refractivity contribution in [2.75, 3.05) is 24.6 Å². The van der Waals surface area contributed by atoms with Gasteiger partial charge in [0.15, 0.2) is 0 Å². The molecule has 88 valence electrons. The Kier molecular flexibility index (Phi) is 3.19. The van der Waals surface area contributed by atoms with Gasteiger partial charge in [0, 0.05) is 0 Å². The fraction of sp³-hybridized carbons (Fsp3) is 0.700. The molecule has 0 saturated carbocycles. The summed E-state index contributed by atoms with van der Waals surface area (Å²) in [4.78, 5) is 14.2. The van der Waals surface area contributed by atoms with Crippen LogP contribution in [0, 0.1) is 5.92 Å². The van der Waals surface area contributed by atoms with Crippen molar-refractivity contribution in [2.45, 2.75) is 26.3 Å². The molecule has 1 saturated heterocycles. The molecule has 1 aliphatic rings. The van der Waals surface area contributed by atoms with Gasteiger partial charge < -0.3 is 11.5 Å². The minimum Gasteiger partial charge on any atom is -0.368 e. The Labute approximate surface area is 95.1 Å². The Hall–Kier alpha value is -1.43. The number of rotatable bonds is 2. The van der Waals surface area contributed by atoms with Crippen LogP contribution in [-0.4, -0.2) is 32.9 Å². The smallest absolute Gasteiger partial charge is 0.225 e. The monoisotopic (exact) mass is 222 g/mol. The van der Waals surface area contributed by atoms with Gasteiger partial charge in [0.05, 0.1) is 6.54 Å². The standard InChI is InChI=1S/C10H18N6/c1-7-2-4-16(5-3-7)6-8-13-9(11)15-10(12)14-8/h7H,2-6H2,1H3,(H4,11,12,13,14,15). The highest BCUT2D eigenvalue weighted by atomic mass is 15.2. The molecule has 0 amide bonds. The fourth-order valence-electron chi connectivity index (χ4n) is 1.95. The van der Waals surface area contributed by atoms with Crippen molar-refractivity contribution in [3.8, 4) is 0 Å². The molecule has 0 aromatic carbocycles. The molecular weight excluding hydrogens is 204 g/mol. The fourth-order valence-corrected chi connectivity index (χ4v) is 1.95. The zero-order chi connectivity index (χ0) is 11.5. The van der Waals surface area contributed by atoms with Gasteiger partial charge in [-0.25, -0.2) is 0 Å². The number of hydrogen-bond acceptors (Lipinski definition) is 6. The molecule has 1 fully saturated rings. The molecule has 1 aromatic heterocycles. The molecule has 0 aliphatic carbocycles. The van der Waals surface area contributed by atoms with Crippen molar-refractivity contribution in [1.82, 2.24) is 19.9 Å². The molecule has 2 heterocycles. The molecule has 0 atom stereocenters. The number of likely N-dealkylation sites (tertiary alicyclic amines) is 1. The molecule has 4 N–H and O–H groups in total. The summed E-state index contributed by atoms with van der Waals surface area (Å²) in [6, 6.07) is 0. The predicted molar refractivity (Wildman–Crippen MR) is 62.3 cm³/mol. The Morgan fingerprint density at radius 3 is 2.25 bits per heavy atom. The van der Waals surface area contributed by atoms with Gasteiger partial charge in [-0.15, -0.1) is 0 Å². The van der Waals surface area contributed by atoms with Crippen LogP contribution in [0.25, 0.3) is 0 Å². The van der Waals surface area contributed by atoms with Crippen LogP contribution in [0.1, 0.15) is 25.6 Å². The maximum Gasteiger partial charge on any atom is 0.225 e. The lowest BCUT2D eigenvalue weighted by atomic mass is 9.99. The molecule has 0 radical (unpaired) electrons. The van der Waals surface area contributed by atoms with E-state index in [-0.39, 0.29) is 11.9 Å². The first-order valence-corrected chi connectivity index (χ1v) is 5.62. The van der Waals surface area contributed by atoms with Gasteiger partial charge in [-0.3, -0.25) is 4.90 Å². The largest absolute Gasteiger partial charge is 0.368 e. The summed E-state index contributed by atoms with van der Waals surface area (Å²) in [6.45, 7) is 5.18. The molecule has 1 aromatic rings. The molecule has 6 nitrogen and oxygen atoms in total. The second-order valence-corrected chi connectivity index (χ2v) is 4.43. The van der Waals surface area contributed by atoms with E-state index in [2.05, 4.69) is 26.8 Å². The van der Waals surface area contributed by atoms with Crippen LogP contribution in [0.2, 0.25) is 0 Å². The number of piperidine rings is 1. The highest BCUT2D eigenvalue weighted by Gasteiger charge is 2.16. The molecule has 1 aliphatic heterocycles. The van der Waals surface area contributed by atoms with E-state index in [0.717, 1.165) is 19.0 Å². The first-order chi connectivity index (χ1) is 7.63. The molecule has 6 heteroatoms. The number of aromatic nitrogens is 3. The zero-order valence-corrected chi connectivity index (χ0v) is 9.56. The lowest BCUT2D eigenvalue weighted by molar-refractivity contribution is 0.181. The second-order valence-electron chi connectivity index (χ2n) is 4.43. The molecular formula is C10H18N6. The summed E-state index contributed by atoms with van der Waals surface area (Å²) in [5.74, 6) is 1.89. The van der Waals surface area contributed by atoms with Gasteiger partial charge in [0.2, 0.25) is 11.9 Å². The minimum absolute atomic E-state index is 0.202. The van der Waals surface area contributed by atoms with Gasteiger partial charge in [0.1, 0.15) is 5.82 Å². The quantitative estimate of drug-likeness (QED) is 0.746. The summed E-state index contributed by atoms with van der Waals surface area (Å²) < 4.78 is 0. The van der Waals surface area contributed by atoms with Crippen molar-refractivity contribution < 1.29 is 0 Å². The summed E-state index contributed by atoms with van der Waals surface area (Å²) in [5.41, 5.74) is 11.1. The predicted octanol–water partition coefficient (Wildman–Crippen LogP) is 0.268. The molecule has 2 rings (SSSR count). The van der Waals surface area contributed by atoms with E-state index in [1.165, 1.54) is 12.8 Å². The van der Waals surface area contributed by atoms with Crippen molar-refractivity contribution in [3.05, 3.63) is 5.82 Å². The lowest BCUT2D eigenvalue weighted by Gasteiger charge is -2.29. The second kappa shape index (κ2) is 4.61. The van der Waals surface area contributed by atoms with Gasteiger partial charge in [-0.2, -0.15) is 15.0 Å². The van der Waals surface area contributed by atoms with E-state index in [1.54, 1.807) is 0 Å². The number of nitrogens with two attached hydrogens (primary N) is 2. The van der Waals surface area contributed by atoms with E-state index in [4.69, 9.17) is 11.5 Å². The zero-order valence-electron chi connectivity index (χ0n) is 9.56. The van der Waals surface area contributed by atoms with Gasteiger partial charge in [0.25, 0.3) is 0 Å². The van der Waals surface area contributed by atoms with Crippen LogP contribution in [0.5, 0.6) is 0 Å². The topological polar surface area (TPSA) is 94.0 Å². The molecule has 0 bridgehead atoms. The first-order valence-electron chi connectivity index (χ1n) is 5.62. The lowest BCUT2D eigenvalue weighted by Crippen LogP contribution is -2.33. The summed E-state index contributed by atoms with van der Waals surface area (Å²) in [5, 5.41) is 0. The average molecular weight is 222 g/mol. The van der Waals surface area contributed by atoms with Crippen LogP contribution in [0.15, 0.2) is 0 Å². The van der Waals surface area contributed by atoms with E-state index in [9.17, 15) is 0 Å². The molecule has 0 spiro atoms. The first kappa shape index (κ1) is 11.1. The van der Waals surface area contributed by atoms with E-state index >= 15 is 0 Å². The van der Waals surface area contributed by atoms with Gasteiger partial charge >= 0.3 is 0 Å². The third-order valence-electron chi connectivity index (χ3n) is 2.96. The molecule has 16 heavy (non-hydrogen) atoms. The Bertz CT molecular complexity index is 338. The van der Waals surface area contributed by atoms with Gasteiger partial charge in [-0.05, 0) is 31.8 Å². The Morgan fingerprint density at radius 1 is 1.12 bits per heavy atom. The van der Waals surface area contributed by atoms with Crippen molar-refractivity contribution >= 4 is 11.9 Å². The van der Waals surface area contributed by atoms with Crippen LogP contribution in [0.3, 0.4) is 0 Å². The summed E-state index contributed by atoms with van der Waals surface area (Å²) in [7, 11) is 0. The number of hydrogen-bond donors (Lipinski definition) is 2.